The molecule has 4 aliphatic rings. The van der Waals surface area contributed by atoms with Gasteiger partial charge >= 0.3 is 5.97 Å². The van der Waals surface area contributed by atoms with Gasteiger partial charge in [-0.25, -0.2) is 0 Å². The molecule has 6 unspecified atom stereocenters. The minimum absolute atomic E-state index is 0.194. The lowest BCUT2D eigenvalue weighted by Crippen LogP contribution is -2.62. The highest BCUT2D eigenvalue weighted by Gasteiger charge is 2.64. The van der Waals surface area contributed by atoms with Gasteiger partial charge in [0.15, 0.2) is 0 Å². The van der Waals surface area contributed by atoms with Gasteiger partial charge in [-0.05, 0) is 104 Å². The van der Waals surface area contributed by atoms with E-state index < -0.39 is 5.97 Å². The van der Waals surface area contributed by atoms with Crippen molar-refractivity contribution in [2.75, 3.05) is 0 Å². The van der Waals surface area contributed by atoms with Crippen LogP contribution in [0.3, 0.4) is 0 Å². The first-order chi connectivity index (χ1) is 14.1. The zero-order chi connectivity index (χ0) is 21.8. The van der Waals surface area contributed by atoms with Crippen molar-refractivity contribution >= 4 is 5.97 Å². The Morgan fingerprint density at radius 3 is 2.33 bits per heavy atom. The lowest BCUT2D eigenvalue weighted by molar-refractivity contribution is -0.203. The van der Waals surface area contributed by atoms with E-state index in [4.69, 9.17) is 5.11 Å². The Morgan fingerprint density at radius 1 is 1.00 bits per heavy atom. The predicted molar refractivity (Wildman–Crippen MR) is 118 cm³/mol. The molecule has 4 heteroatoms. The Morgan fingerprint density at radius 2 is 1.67 bits per heavy atom. The van der Waals surface area contributed by atoms with Gasteiger partial charge in [0.2, 0.25) is 0 Å². The number of carboxylic acid groups (broad SMARTS) is 1. The largest absolute Gasteiger partial charge is 0.481 e. The molecule has 30 heavy (non-hydrogen) atoms. The van der Waals surface area contributed by atoms with Gasteiger partial charge in [0.1, 0.15) is 0 Å². The van der Waals surface area contributed by atoms with Crippen molar-refractivity contribution < 1.29 is 20.1 Å². The Labute approximate surface area is 182 Å². The lowest BCUT2D eigenvalue weighted by atomic mass is 9.41. The van der Waals surface area contributed by atoms with Crippen molar-refractivity contribution in [3.8, 4) is 0 Å². The molecule has 11 atom stereocenters. The summed E-state index contributed by atoms with van der Waals surface area (Å²) in [4.78, 5) is 11.1. The van der Waals surface area contributed by atoms with Crippen molar-refractivity contribution in [1.29, 1.82) is 0 Å². The van der Waals surface area contributed by atoms with Crippen molar-refractivity contribution in [2.45, 2.75) is 104 Å². The summed E-state index contributed by atoms with van der Waals surface area (Å²) >= 11 is 0. The Hall–Kier alpha value is -0.610. The minimum Gasteiger partial charge on any atom is -0.481 e. The highest BCUT2D eigenvalue weighted by Crippen LogP contribution is 2.69. The molecule has 0 aromatic heterocycles. The zero-order valence-electron chi connectivity index (χ0n) is 19.5. The van der Waals surface area contributed by atoms with Gasteiger partial charge in [0.05, 0.1) is 12.2 Å². The summed E-state index contributed by atoms with van der Waals surface area (Å²) in [5.74, 6) is 2.58. The summed E-state index contributed by atoms with van der Waals surface area (Å²) in [5.41, 5.74) is 0.480. The molecule has 0 spiro atoms. The van der Waals surface area contributed by atoms with E-state index in [-0.39, 0.29) is 29.5 Å². The standard InChI is InChI=1S/C26H44O4/c1-5-17-21-14-16(27)10-12-26(21,4)20-11-13-25(3)18(15(2)6-9-22(28)29)7-8-19(25)23(20)24(17)30/h15-21,23-24,27,30H,5-14H2,1-4H3,(H,28,29)/t15-,16-,17?,18-,19?,20?,21?,23?,24?,25-,26-/m1/s1. The van der Waals surface area contributed by atoms with Gasteiger partial charge in [0.25, 0.3) is 0 Å². The molecule has 0 aromatic rings. The third-order valence-electron chi connectivity index (χ3n) is 11.0. The van der Waals surface area contributed by atoms with Crippen LogP contribution in [0.15, 0.2) is 0 Å². The highest BCUT2D eigenvalue weighted by atomic mass is 16.4. The van der Waals surface area contributed by atoms with E-state index in [2.05, 4.69) is 27.7 Å². The Balaban J connectivity index is 1.61. The summed E-state index contributed by atoms with van der Waals surface area (Å²) in [5, 5.41) is 31.3. The fraction of sp³-hybridized carbons (Fsp3) is 0.962. The van der Waals surface area contributed by atoms with Gasteiger partial charge in [-0.3, -0.25) is 4.79 Å². The maximum atomic E-state index is 11.7. The third kappa shape index (κ3) is 3.36. The molecule has 0 heterocycles. The smallest absolute Gasteiger partial charge is 0.303 e. The average molecular weight is 421 g/mol. The van der Waals surface area contributed by atoms with Crippen molar-refractivity contribution in [1.82, 2.24) is 0 Å². The van der Waals surface area contributed by atoms with Gasteiger partial charge in [-0.2, -0.15) is 0 Å². The van der Waals surface area contributed by atoms with Crippen molar-refractivity contribution in [2.24, 2.45) is 52.3 Å². The molecule has 4 aliphatic carbocycles. The minimum atomic E-state index is -0.683. The van der Waals surface area contributed by atoms with Crippen molar-refractivity contribution in [3.05, 3.63) is 0 Å². The normalized spacial score (nSPS) is 51.5. The fourth-order valence-electron chi connectivity index (χ4n) is 9.48. The predicted octanol–water partition coefficient (Wildman–Crippen LogP) is 5.11. The van der Waals surface area contributed by atoms with E-state index in [0.29, 0.717) is 41.4 Å². The molecule has 0 bridgehead atoms. The van der Waals surface area contributed by atoms with E-state index in [1.54, 1.807) is 0 Å². The number of fused-ring (bicyclic) bond motifs is 5. The maximum absolute atomic E-state index is 11.7. The SMILES string of the molecule is CCC1C(O)C2C(CC[C@@]3(C)C2CC[C@@H]3[C@H](C)CCC(=O)O)[C@@]2(C)CC[C@@H](O)CC12. The second-order valence-corrected chi connectivity index (χ2v) is 12.0. The van der Waals surface area contributed by atoms with Crippen molar-refractivity contribution in [3.63, 3.8) is 0 Å². The lowest BCUT2D eigenvalue weighted by Gasteiger charge is -2.64. The quantitative estimate of drug-likeness (QED) is 0.577. The van der Waals surface area contributed by atoms with Crippen LogP contribution in [0, 0.1) is 52.3 Å². The molecular formula is C26H44O4. The van der Waals surface area contributed by atoms with E-state index >= 15 is 0 Å². The third-order valence-corrected chi connectivity index (χ3v) is 11.0. The summed E-state index contributed by atoms with van der Waals surface area (Å²) in [6.07, 6.45) is 9.27. The summed E-state index contributed by atoms with van der Waals surface area (Å²) in [7, 11) is 0. The topological polar surface area (TPSA) is 77.8 Å². The van der Waals surface area contributed by atoms with Crippen LogP contribution in [0.25, 0.3) is 0 Å². The molecule has 0 radical (unpaired) electrons. The molecule has 0 aromatic carbocycles. The number of hydrogen-bond acceptors (Lipinski definition) is 3. The van der Waals surface area contributed by atoms with Gasteiger partial charge < -0.3 is 15.3 Å². The molecule has 172 valence electrons. The number of aliphatic hydroxyl groups is 2. The molecule has 0 amide bonds. The fourth-order valence-corrected chi connectivity index (χ4v) is 9.48. The Bertz CT molecular complexity index is 649. The van der Waals surface area contributed by atoms with Gasteiger partial charge in [0, 0.05) is 6.42 Å². The number of aliphatic hydroxyl groups excluding tert-OH is 2. The van der Waals surface area contributed by atoms with E-state index in [1.165, 1.54) is 25.7 Å². The summed E-state index contributed by atoms with van der Waals surface area (Å²) in [6, 6.07) is 0. The monoisotopic (exact) mass is 420 g/mol. The second-order valence-electron chi connectivity index (χ2n) is 12.0. The first-order valence-electron chi connectivity index (χ1n) is 12.7. The van der Waals surface area contributed by atoms with Crippen LogP contribution >= 0.6 is 0 Å². The first kappa shape index (κ1) is 22.6. The molecule has 3 N–H and O–H groups in total. The summed E-state index contributed by atoms with van der Waals surface area (Å²) in [6.45, 7) is 9.44. The molecule has 4 fully saturated rings. The molecule has 4 rings (SSSR count). The van der Waals surface area contributed by atoms with Crippen LogP contribution in [0.1, 0.15) is 91.9 Å². The number of aliphatic carboxylic acids is 1. The zero-order valence-corrected chi connectivity index (χ0v) is 19.5. The van der Waals surface area contributed by atoms with E-state index in [1.807, 2.05) is 0 Å². The maximum Gasteiger partial charge on any atom is 0.303 e. The van der Waals surface area contributed by atoms with Crippen LogP contribution in [-0.2, 0) is 4.79 Å². The van der Waals surface area contributed by atoms with Crippen LogP contribution < -0.4 is 0 Å². The number of rotatable bonds is 5. The van der Waals surface area contributed by atoms with Crippen LogP contribution in [-0.4, -0.2) is 33.5 Å². The highest BCUT2D eigenvalue weighted by molar-refractivity contribution is 5.66. The number of carbonyl (C=O) groups is 1. The molecule has 0 saturated heterocycles. The summed E-state index contributed by atoms with van der Waals surface area (Å²) < 4.78 is 0. The van der Waals surface area contributed by atoms with E-state index in [9.17, 15) is 15.0 Å². The van der Waals surface area contributed by atoms with Crippen LogP contribution in [0.4, 0.5) is 0 Å². The molecule has 0 aliphatic heterocycles. The van der Waals surface area contributed by atoms with Gasteiger partial charge in [-0.1, -0.05) is 34.1 Å². The van der Waals surface area contributed by atoms with Crippen LogP contribution in [0.5, 0.6) is 0 Å². The first-order valence-corrected chi connectivity index (χ1v) is 12.7. The Kier molecular flexibility index (Phi) is 6.07. The number of carboxylic acids is 1. The molecule has 4 saturated carbocycles. The van der Waals surface area contributed by atoms with Gasteiger partial charge in [-0.15, -0.1) is 0 Å². The number of hydrogen-bond donors (Lipinski definition) is 3. The van der Waals surface area contributed by atoms with Crippen LogP contribution in [0.2, 0.25) is 0 Å². The molecular weight excluding hydrogens is 376 g/mol. The second kappa shape index (κ2) is 8.06. The molecule has 4 nitrogen and oxygen atoms in total. The average Bonchev–Trinajstić information content (AvgIpc) is 3.05. The van der Waals surface area contributed by atoms with E-state index in [0.717, 1.165) is 32.1 Å².